The zero-order chi connectivity index (χ0) is 13.8. The van der Waals surface area contributed by atoms with Gasteiger partial charge < -0.3 is 4.90 Å². The van der Waals surface area contributed by atoms with Crippen LogP contribution >= 0.6 is 0 Å². The minimum absolute atomic E-state index is 0.122. The van der Waals surface area contributed by atoms with E-state index in [1.165, 1.54) is 25.3 Å². The molecule has 0 bridgehead atoms. The van der Waals surface area contributed by atoms with Gasteiger partial charge in [-0.25, -0.2) is 0 Å². The van der Waals surface area contributed by atoms with Gasteiger partial charge in [0, 0.05) is 24.8 Å². The molecule has 100 valence electrons. The van der Waals surface area contributed by atoms with Crippen molar-refractivity contribution in [1.82, 2.24) is 0 Å². The van der Waals surface area contributed by atoms with Gasteiger partial charge in [-0.05, 0) is 25.0 Å². The van der Waals surface area contributed by atoms with Gasteiger partial charge in [0.15, 0.2) is 0 Å². The molecule has 1 saturated carbocycles. The first-order chi connectivity index (χ1) is 9.13. The van der Waals surface area contributed by atoms with Gasteiger partial charge in [-0.2, -0.15) is 5.26 Å². The maximum absolute atomic E-state index is 10.8. The Morgan fingerprint density at radius 3 is 2.63 bits per heavy atom. The van der Waals surface area contributed by atoms with Crippen molar-refractivity contribution >= 4 is 11.4 Å². The molecule has 0 aromatic heterocycles. The first-order valence-electron chi connectivity index (χ1n) is 6.55. The van der Waals surface area contributed by atoms with Crippen LogP contribution in [0.25, 0.3) is 0 Å². The van der Waals surface area contributed by atoms with E-state index in [1.54, 1.807) is 12.1 Å². The van der Waals surface area contributed by atoms with Crippen LogP contribution in [0.4, 0.5) is 11.4 Å². The molecule has 5 heteroatoms. The summed E-state index contributed by atoms with van der Waals surface area (Å²) >= 11 is 0. The number of nitrogens with zero attached hydrogens (tertiary/aromatic N) is 3. The number of hydrogen-bond donors (Lipinski definition) is 0. The van der Waals surface area contributed by atoms with Crippen LogP contribution in [0.15, 0.2) is 18.2 Å². The van der Waals surface area contributed by atoms with Gasteiger partial charge >= 0.3 is 0 Å². The van der Waals surface area contributed by atoms with Gasteiger partial charge in [-0.1, -0.05) is 19.3 Å². The molecule has 5 nitrogen and oxygen atoms in total. The summed E-state index contributed by atoms with van der Waals surface area (Å²) in [6.07, 6.45) is 6.04. The summed E-state index contributed by atoms with van der Waals surface area (Å²) in [7, 11) is 2.00. The lowest BCUT2D eigenvalue weighted by Crippen LogP contribution is -2.33. The highest BCUT2D eigenvalue weighted by atomic mass is 16.6. The van der Waals surface area contributed by atoms with Gasteiger partial charge in [0.1, 0.15) is 11.6 Å². The van der Waals surface area contributed by atoms with Gasteiger partial charge in [0.05, 0.1) is 4.92 Å². The van der Waals surface area contributed by atoms with Crippen molar-refractivity contribution in [3.63, 3.8) is 0 Å². The first-order valence-corrected chi connectivity index (χ1v) is 6.55. The van der Waals surface area contributed by atoms with Crippen LogP contribution < -0.4 is 4.90 Å². The average molecular weight is 259 g/mol. The van der Waals surface area contributed by atoms with Crippen molar-refractivity contribution in [3.8, 4) is 6.07 Å². The molecule has 0 N–H and O–H groups in total. The summed E-state index contributed by atoms with van der Waals surface area (Å²) in [6, 6.07) is 7.15. The fourth-order valence-electron chi connectivity index (χ4n) is 2.67. The van der Waals surface area contributed by atoms with Crippen LogP contribution in [-0.4, -0.2) is 18.0 Å². The zero-order valence-corrected chi connectivity index (χ0v) is 11.0. The summed E-state index contributed by atoms with van der Waals surface area (Å²) in [5.41, 5.74) is 0.891. The highest BCUT2D eigenvalue weighted by Gasteiger charge is 2.21. The second-order valence-electron chi connectivity index (χ2n) is 4.97. The summed E-state index contributed by atoms with van der Waals surface area (Å²) in [5.74, 6) is 0. The predicted octanol–water partition coefficient (Wildman–Crippen LogP) is 3.24. The minimum atomic E-state index is -0.511. The van der Waals surface area contributed by atoms with Gasteiger partial charge in [0.25, 0.3) is 5.69 Å². The van der Waals surface area contributed by atoms with Crippen LogP contribution in [-0.2, 0) is 0 Å². The van der Waals surface area contributed by atoms with E-state index in [2.05, 4.69) is 4.90 Å². The number of nitro benzene ring substituents is 1. The molecule has 0 atom stereocenters. The van der Waals surface area contributed by atoms with E-state index in [0.29, 0.717) is 6.04 Å². The van der Waals surface area contributed by atoms with Crippen molar-refractivity contribution in [3.05, 3.63) is 33.9 Å². The number of anilines is 1. The van der Waals surface area contributed by atoms with E-state index in [9.17, 15) is 10.1 Å². The molecule has 0 heterocycles. The van der Waals surface area contributed by atoms with Crippen molar-refractivity contribution in [2.45, 2.75) is 38.1 Å². The molecule has 0 amide bonds. The molecule has 1 aliphatic rings. The Labute approximate surface area is 112 Å². The molecule has 0 radical (unpaired) electrons. The minimum Gasteiger partial charge on any atom is -0.372 e. The number of benzene rings is 1. The molecular formula is C14H17N3O2. The molecule has 1 aliphatic carbocycles. The molecule has 0 saturated heterocycles. The van der Waals surface area contributed by atoms with E-state index in [1.807, 2.05) is 13.1 Å². The summed E-state index contributed by atoms with van der Waals surface area (Å²) in [5, 5.41) is 19.8. The fourth-order valence-corrected chi connectivity index (χ4v) is 2.67. The van der Waals surface area contributed by atoms with Gasteiger partial charge in [0.2, 0.25) is 0 Å². The summed E-state index contributed by atoms with van der Waals surface area (Å²) in [6.45, 7) is 0. The molecular weight excluding hydrogens is 242 g/mol. The molecule has 0 spiro atoms. The second kappa shape index (κ2) is 5.70. The van der Waals surface area contributed by atoms with E-state index in [4.69, 9.17) is 5.26 Å². The van der Waals surface area contributed by atoms with Crippen LogP contribution in [0.5, 0.6) is 0 Å². The summed E-state index contributed by atoms with van der Waals surface area (Å²) in [4.78, 5) is 12.4. The van der Waals surface area contributed by atoms with Gasteiger partial charge in [-0.15, -0.1) is 0 Å². The SMILES string of the molecule is CN(c1ccc([N+](=O)[O-])c(C#N)c1)C1CCCCC1. The number of rotatable bonds is 3. The third kappa shape index (κ3) is 2.84. The zero-order valence-electron chi connectivity index (χ0n) is 11.0. The highest BCUT2D eigenvalue weighted by Crippen LogP contribution is 2.29. The van der Waals surface area contributed by atoms with Crippen molar-refractivity contribution < 1.29 is 4.92 Å². The smallest absolute Gasteiger partial charge is 0.287 e. The third-order valence-corrected chi connectivity index (χ3v) is 3.83. The van der Waals surface area contributed by atoms with E-state index < -0.39 is 4.92 Å². The topological polar surface area (TPSA) is 70.2 Å². The Kier molecular flexibility index (Phi) is 4.00. The normalized spacial score (nSPS) is 15.8. The van der Waals surface area contributed by atoms with E-state index in [-0.39, 0.29) is 11.3 Å². The van der Waals surface area contributed by atoms with Crippen LogP contribution in [0.1, 0.15) is 37.7 Å². The average Bonchev–Trinajstić information content (AvgIpc) is 2.46. The molecule has 1 aromatic rings. The maximum Gasteiger partial charge on any atom is 0.287 e. The lowest BCUT2D eigenvalue weighted by molar-refractivity contribution is -0.385. The third-order valence-electron chi connectivity index (χ3n) is 3.83. The monoisotopic (exact) mass is 259 g/mol. The van der Waals surface area contributed by atoms with E-state index in [0.717, 1.165) is 18.5 Å². The fraction of sp³-hybridized carbons (Fsp3) is 0.500. The Morgan fingerprint density at radius 1 is 1.37 bits per heavy atom. The quantitative estimate of drug-likeness (QED) is 0.617. The maximum atomic E-state index is 10.8. The molecule has 1 aromatic carbocycles. The number of hydrogen-bond acceptors (Lipinski definition) is 4. The molecule has 2 rings (SSSR count). The first kappa shape index (κ1) is 13.3. The summed E-state index contributed by atoms with van der Waals surface area (Å²) < 4.78 is 0. The Bertz CT molecular complexity index is 516. The largest absolute Gasteiger partial charge is 0.372 e. The van der Waals surface area contributed by atoms with Crippen LogP contribution in [0, 0.1) is 21.4 Å². The van der Waals surface area contributed by atoms with Crippen molar-refractivity contribution in [2.75, 3.05) is 11.9 Å². The standard InChI is InChI=1S/C14H17N3O2/c1-16(12-5-3-2-4-6-12)13-7-8-14(17(18)19)11(9-13)10-15/h7-9,12H,2-6H2,1H3. The lowest BCUT2D eigenvalue weighted by atomic mass is 9.94. The number of nitriles is 1. The molecule has 19 heavy (non-hydrogen) atoms. The Balaban J connectivity index is 2.25. The second-order valence-corrected chi connectivity index (χ2v) is 4.97. The number of nitro groups is 1. The Morgan fingerprint density at radius 2 is 2.05 bits per heavy atom. The molecule has 0 unspecified atom stereocenters. The van der Waals surface area contributed by atoms with Gasteiger partial charge in [-0.3, -0.25) is 10.1 Å². The Hall–Kier alpha value is -2.09. The lowest BCUT2D eigenvalue weighted by Gasteiger charge is -2.33. The predicted molar refractivity (Wildman–Crippen MR) is 73.1 cm³/mol. The molecule has 0 aliphatic heterocycles. The van der Waals surface area contributed by atoms with Crippen molar-refractivity contribution in [1.29, 1.82) is 5.26 Å². The van der Waals surface area contributed by atoms with Crippen LogP contribution in [0.2, 0.25) is 0 Å². The van der Waals surface area contributed by atoms with E-state index >= 15 is 0 Å². The van der Waals surface area contributed by atoms with Crippen LogP contribution in [0.3, 0.4) is 0 Å². The highest BCUT2D eigenvalue weighted by molar-refractivity contribution is 5.60. The molecule has 1 fully saturated rings. The van der Waals surface area contributed by atoms with Crippen molar-refractivity contribution in [2.24, 2.45) is 0 Å².